The number of hydrogen-bond acceptors (Lipinski definition) is 6. The van der Waals surface area contributed by atoms with Gasteiger partial charge in [0, 0.05) is 33.1 Å². The lowest BCUT2D eigenvalue weighted by Crippen LogP contribution is -2.33. The van der Waals surface area contributed by atoms with Crippen LogP contribution in [0.1, 0.15) is 13.3 Å². The quantitative estimate of drug-likeness (QED) is 0.860. The standard InChI is InChI=1S/C11H18N4O2S/c1-8(16)14-4-3-5-15(7-6-14)11-9(17-2)10(12)13-18-11/h3-7H2,1-2H3,(H2,12,13). The van der Waals surface area contributed by atoms with Crippen LogP contribution in [-0.2, 0) is 4.79 Å². The first kappa shape index (κ1) is 12.9. The Labute approximate surface area is 110 Å². The molecule has 0 aliphatic carbocycles. The fourth-order valence-corrected chi connectivity index (χ4v) is 2.95. The molecular weight excluding hydrogens is 252 g/mol. The van der Waals surface area contributed by atoms with E-state index in [4.69, 9.17) is 10.5 Å². The van der Waals surface area contributed by atoms with Crippen LogP contribution in [-0.4, -0.2) is 48.5 Å². The smallest absolute Gasteiger partial charge is 0.219 e. The molecule has 1 amide bonds. The zero-order valence-corrected chi connectivity index (χ0v) is 11.5. The third-order valence-corrected chi connectivity index (χ3v) is 3.99. The van der Waals surface area contributed by atoms with Crippen molar-refractivity contribution in [2.45, 2.75) is 13.3 Å². The van der Waals surface area contributed by atoms with Crippen molar-refractivity contribution >= 4 is 28.3 Å². The van der Waals surface area contributed by atoms with E-state index in [-0.39, 0.29) is 5.91 Å². The van der Waals surface area contributed by atoms with Gasteiger partial charge in [-0.15, -0.1) is 0 Å². The number of methoxy groups -OCH3 is 1. The lowest BCUT2D eigenvalue weighted by molar-refractivity contribution is -0.128. The molecular formula is C11H18N4O2S. The molecule has 2 rings (SSSR count). The fraction of sp³-hybridized carbons (Fsp3) is 0.636. The van der Waals surface area contributed by atoms with Gasteiger partial charge in [-0.1, -0.05) is 0 Å². The number of hydrogen-bond donors (Lipinski definition) is 1. The third-order valence-electron chi connectivity index (χ3n) is 3.09. The van der Waals surface area contributed by atoms with E-state index in [1.54, 1.807) is 14.0 Å². The van der Waals surface area contributed by atoms with E-state index in [0.29, 0.717) is 11.6 Å². The molecule has 18 heavy (non-hydrogen) atoms. The van der Waals surface area contributed by atoms with Gasteiger partial charge in [-0.3, -0.25) is 4.79 Å². The van der Waals surface area contributed by atoms with Gasteiger partial charge in [-0.25, -0.2) is 0 Å². The molecule has 0 atom stereocenters. The first-order valence-electron chi connectivity index (χ1n) is 5.93. The van der Waals surface area contributed by atoms with Crippen LogP contribution in [0.15, 0.2) is 0 Å². The van der Waals surface area contributed by atoms with Gasteiger partial charge in [0.05, 0.1) is 7.11 Å². The molecule has 1 aromatic heterocycles. The number of nitrogens with zero attached hydrogens (tertiary/aromatic N) is 3. The topological polar surface area (TPSA) is 71.7 Å². The first-order chi connectivity index (χ1) is 8.63. The lowest BCUT2D eigenvalue weighted by Gasteiger charge is -2.22. The summed E-state index contributed by atoms with van der Waals surface area (Å²) in [5.41, 5.74) is 5.76. The van der Waals surface area contributed by atoms with Crippen LogP contribution in [0.3, 0.4) is 0 Å². The Balaban J connectivity index is 2.12. The molecule has 0 unspecified atom stereocenters. The molecule has 1 aliphatic heterocycles. The summed E-state index contributed by atoms with van der Waals surface area (Å²) in [5, 5.41) is 0.959. The van der Waals surface area contributed by atoms with Gasteiger partial charge in [-0.2, -0.15) is 4.37 Å². The number of amides is 1. The Bertz CT molecular complexity index is 435. The van der Waals surface area contributed by atoms with E-state index in [0.717, 1.165) is 37.6 Å². The monoisotopic (exact) mass is 270 g/mol. The molecule has 7 heteroatoms. The van der Waals surface area contributed by atoms with E-state index in [1.807, 2.05) is 4.90 Å². The molecule has 6 nitrogen and oxygen atoms in total. The van der Waals surface area contributed by atoms with E-state index in [1.165, 1.54) is 11.5 Å². The number of nitrogen functional groups attached to an aromatic ring is 1. The summed E-state index contributed by atoms with van der Waals surface area (Å²) in [4.78, 5) is 15.4. The molecule has 1 fully saturated rings. The summed E-state index contributed by atoms with van der Waals surface area (Å²) in [6, 6.07) is 0. The van der Waals surface area contributed by atoms with E-state index in [2.05, 4.69) is 9.27 Å². The molecule has 0 saturated carbocycles. The van der Waals surface area contributed by atoms with E-state index in [9.17, 15) is 4.79 Å². The van der Waals surface area contributed by atoms with Gasteiger partial charge in [-0.05, 0) is 18.0 Å². The average Bonchev–Trinajstić information content (AvgIpc) is 2.58. The maximum atomic E-state index is 11.4. The normalized spacial score (nSPS) is 16.6. The highest BCUT2D eigenvalue weighted by Crippen LogP contribution is 2.38. The summed E-state index contributed by atoms with van der Waals surface area (Å²) >= 11 is 1.35. The number of aromatic nitrogens is 1. The lowest BCUT2D eigenvalue weighted by atomic mass is 10.4. The second kappa shape index (κ2) is 5.43. The van der Waals surface area contributed by atoms with Crippen LogP contribution in [0.25, 0.3) is 0 Å². The van der Waals surface area contributed by atoms with Gasteiger partial charge in [0.1, 0.15) is 0 Å². The van der Waals surface area contributed by atoms with Crippen LogP contribution in [0.2, 0.25) is 0 Å². The molecule has 1 aliphatic rings. The second-order valence-corrected chi connectivity index (χ2v) is 5.00. The summed E-state index contributed by atoms with van der Waals surface area (Å²) in [6.07, 6.45) is 0.945. The Morgan fingerprint density at radius 1 is 1.39 bits per heavy atom. The van der Waals surface area contributed by atoms with Gasteiger partial charge < -0.3 is 20.3 Å². The number of carbonyl (C=O) groups is 1. The van der Waals surface area contributed by atoms with Crippen molar-refractivity contribution in [3.8, 4) is 5.75 Å². The Kier molecular flexibility index (Phi) is 3.90. The largest absolute Gasteiger partial charge is 0.490 e. The fourth-order valence-electron chi connectivity index (χ4n) is 2.11. The minimum absolute atomic E-state index is 0.132. The molecule has 0 spiro atoms. The van der Waals surface area contributed by atoms with Crippen molar-refractivity contribution in [2.75, 3.05) is 43.9 Å². The highest BCUT2D eigenvalue weighted by Gasteiger charge is 2.22. The Hall–Kier alpha value is -1.50. The molecule has 0 bridgehead atoms. The van der Waals surface area contributed by atoms with Gasteiger partial charge in [0.2, 0.25) is 5.91 Å². The molecule has 2 heterocycles. The zero-order valence-electron chi connectivity index (χ0n) is 10.7. The predicted octanol–water partition coefficient (Wildman–Crippen LogP) is 0.792. The first-order valence-corrected chi connectivity index (χ1v) is 6.70. The van der Waals surface area contributed by atoms with Crippen LogP contribution >= 0.6 is 11.5 Å². The van der Waals surface area contributed by atoms with Crippen LogP contribution < -0.4 is 15.4 Å². The summed E-state index contributed by atoms with van der Waals surface area (Å²) in [5.74, 6) is 1.22. The number of rotatable bonds is 2. The maximum Gasteiger partial charge on any atom is 0.219 e. The SMILES string of the molecule is COc1c(N)nsc1N1CCCN(C(C)=O)CC1. The van der Waals surface area contributed by atoms with E-state index < -0.39 is 0 Å². The second-order valence-electron chi connectivity index (χ2n) is 4.25. The summed E-state index contributed by atoms with van der Waals surface area (Å²) < 4.78 is 9.40. The van der Waals surface area contributed by atoms with Crippen molar-refractivity contribution in [3.05, 3.63) is 0 Å². The van der Waals surface area contributed by atoms with E-state index >= 15 is 0 Å². The molecule has 1 aromatic rings. The van der Waals surface area contributed by atoms with Crippen molar-refractivity contribution in [3.63, 3.8) is 0 Å². The summed E-state index contributed by atoms with van der Waals surface area (Å²) in [6.45, 7) is 4.83. The van der Waals surface area contributed by atoms with Gasteiger partial charge >= 0.3 is 0 Å². The number of anilines is 2. The number of carbonyl (C=O) groups excluding carboxylic acids is 1. The van der Waals surface area contributed by atoms with Crippen molar-refractivity contribution < 1.29 is 9.53 Å². The predicted molar refractivity (Wildman–Crippen MR) is 72.2 cm³/mol. The number of nitrogens with two attached hydrogens (primary N) is 1. The van der Waals surface area contributed by atoms with Gasteiger partial charge in [0.25, 0.3) is 0 Å². The van der Waals surface area contributed by atoms with Crippen molar-refractivity contribution in [1.29, 1.82) is 0 Å². The Morgan fingerprint density at radius 2 is 2.17 bits per heavy atom. The highest BCUT2D eigenvalue weighted by atomic mass is 32.1. The van der Waals surface area contributed by atoms with Crippen LogP contribution in [0, 0.1) is 0 Å². The molecule has 0 aromatic carbocycles. The molecule has 100 valence electrons. The zero-order chi connectivity index (χ0) is 13.1. The van der Waals surface area contributed by atoms with Crippen molar-refractivity contribution in [2.24, 2.45) is 0 Å². The molecule has 1 saturated heterocycles. The van der Waals surface area contributed by atoms with Crippen molar-refractivity contribution in [1.82, 2.24) is 9.27 Å². The van der Waals surface area contributed by atoms with Crippen LogP contribution in [0.4, 0.5) is 10.8 Å². The van der Waals surface area contributed by atoms with Gasteiger partial charge in [0.15, 0.2) is 16.6 Å². The average molecular weight is 270 g/mol. The van der Waals surface area contributed by atoms with Crippen LogP contribution in [0.5, 0.6) is 5.75 Å². The number of ether oxygens (including phenoxy) is 1. The Morgan fingerprint density at radius 3 is 2.83 bits per heavy atom. The minimum atomic E-state index is 0.132. The third kappa shape index (κ3) is 2.50. The molecule has 2 N–H and O–H groups in total. The summed E-state index contributed by atoms with van der Waals surface area (Å²) in [7, 11) is 1.60. The molecule has 0 radical (unpaired) electrons. The minimum Gasteiger partial charge on any atom is -0.490 e. The highest BCUT2D eigenvalue weighted by molar-refractivity contribution is 7.11. The maximum absolute atomic E-state index is 11.4.